The number of ether oxygens (including phenoxy) is 2. The Kier molecular flexibility index (Phi) is 9.39. The summed E-state index contributed by atoms with van der Waals surface area (Å²) in [6.07, 6.45) is -7.44. The van der Waals surface area contributed by atoms with Crippen LogP contribution in [0.4, 0.5) is 30.7 Å². The molecule has 0 saturated carbocycles. The van der Waals surface area contributed by atoms with E-state index in [4.69, 9.17) is 21.1 Å². The summed E-state index contributed by atoms with van der Waals surface area (Å²) in [6, 6.07) is 6.65. The number of aromatic nitrogens is 4. The Hall–Kier alpha value is -4.38. The lowest BCUT2D eigenvalue weighted by Crippen LogP contribution is -2.41. The standard InChI is InChI=1S/C26H16ClF7N4O5S/c1-37-20(26(32,33)34)9-21(39)38(24(37)41)16-8-18(14(27)7-15(16)28)44-17-3-2-6-35-23(17)43-12-22(40)42-11-13-4-5-19(36-10-13)25(29,30)31/h2-10H,11-12H2,1H3. The first-order chi connectivity index (χ1) is 20.6. The van der Waals surface area contributed by atoms with E-state index in [1.165, 1.54) is 18.3 Å². The fraction of sp³-hybridized carbons (Fsp3) is 0.192. The number of rotatable bonds is 8. The van der Waals surface area contributed by atoms with E-state index >= 15 is 0 Å². The van der Waals surface area contributed by atoms with Crippen LogP contribution < -0.4 is 16.0 Å². The van der Waals surface area contributed by atoms with E-state index in [1.54, 1.807) is 0 Å². The summed E-state index contributed by atoms with van der Waals surface area (Å²) in [6.45, 7) is -1.08. The predicted octanol–water partition coefficient (Wildman–Crippen LogP) is 5.43. The van der Waals surface area contributed by atoms with Gasteiger partial charge in [-0.25, -0.2) is 23.5 Å². The second kappa shape index (κ2) is 12.7. The van der Waals surface area contributed by atoms with Crippen LogP contribution in [0.5, 0.6) is 5.88 Å². The van der Waals surface area contributed by atoms with Crippen molar-refractivity contribution in [3.63, 3.8) is 0 Å². The highest BCUT2D eigenvalue weighted by Gasteiger charge is 2.35. The van der Waals surface area contributed by atoms with Gasteiger partial charge in [0, 0.05) is 36.0 Å². The van der Waals surface area contributed by atoms with Crippen molar-refractivity contribution < 1.29 is 45.0 Å². The molecule has 4 aromatic rings. The molecule has 44 heavy (non-hydrogen) atoms. The molecule has 0 saturated heterocycles. The van der Waals surface area contributed by atoms with Crippen molar-refractivity contribution in [3.05, 3.63) is 103 Å². The maximum Gasteiger partial charge on any atom is 0.433 e. The highest BCUT2D eigenvalue weighted by Crippen LogP contribution is 2.39. The molecule has 0 aliphatic heterocycles. The molecule has 0 aliphatic rings. The highest BCUT2D eigenvalue weighted by molar-refractivity contribution is 7.99. The number of hydrogen-bond acceptors (Lipinski definition) is 8. The van der Waals surface area contributed by atoms with Gasteiger partial charge in [-0.2, -0.15) is 26.3 Å². The largest absolute Gasteiger partial charge is 0.465 e. The van der Waals surface area contributed by atoms with Gasteiger partial charge in [-0.3, -0.25) is 14.3 Å². The van der Waals surface area contributed by atoms with Crippen molar-refractivity contribution in [1.82, 2.24) is 19.1 Å². The summed E-state index contributed by atoms with van der Waals surface area (Å²) in [5, 5.41) is -0.201. The minimum absolute atomic E-state index is 0.0344. The van der Waals surface area contributed by atoms with Crippen LogP contribution in [0.3, 0.4) is 0 Å². The number of alkyl halides is 6. The van der Waals surface area contributed by atoms with Gasteiger partial charge in [0.25, 0.3) is 5.56 Å². The Labute approximate surface area is 250 Å². The molecule has 0 unspecified atom stereocenters. The summed E-state index contributed by atoms with van der Waals surface area (Å²) in [4.78, 5) is 44.8. The smallest absolute Gasteiger partial charge is 0.433 e. The number of nitrogens with zero attached hydrogens (tertiary/aromatic N) is 4. The fourth-order valence-electron chi connectivity index (χ4n) is 3.58. The van der Waals surface area contributed by atoms with Crippen molar-refractivity contribution in [1.29, 1.82) is 0 Å². The number of benzene rings is 1. The first-order valence-electron chi connectivity index (χ1n) is 11.9. The van der Waals surface area contributed by atoms with Crippen molar-refractivity contribution in [2.45, 2.75) is 28.8 Å². The zero-order valence-corrected chi connectivity index (χ0v) is 23.4. The van der Waals surface area contributed by atoms with Crippen molar-refractivity contribution in [2.75, 3.05) is 6.61 Å². The molecule has 4 rings (SSSR count). The number of esters is 1. The highest BCUT2D eigenvalue weighted by atomic mass is 35.5. The predicted molar refractivity (Wildman–Crippen MR) is 140 cm³/mol. The van der Waals surface area contributed by atoms with Crippen LogP contribution >= 0.6 is 23.4 Å². The molecule has 0 atom stereocenters. The topological polar surface area (TPSA) is 105 Å². The van der Waals surface area contributed by atoms with Gasteiger partial charge in [-0.1, -0.05) is 29.4 Å². The van der Waals surface area contributed by atoms with E-state index in [1.807, 2.05) is 0 Å². The summed E-state index contributed by atoms with van der Waals surface area (Å²) < 4.78 is 103. The van der Waals surface area contributed by atoms with E-state index in [9.17, 15) is 45.1 Å². The quantitative estimate of drug-likeness (QED) is 0.182. The molecule has 0 spiro atoms. The zero-order chi connectivity index (χ0) is 32.4. The molecular weight excluding hydrogens is 649 g/mol. The molecular formula is C26H16ClF7N4O5S. The second-order valence-electron chi connectivity index (χ2n) is 8.68. The minimum Gasteiger partial charge on any atom is -0.465 e. The zero-order valence-electron chi connectivity index (χ0n) is 21.9. The molecule has 0 radical (unpaired) electrons. The normalized spacial score (nSPS) is 11.8. The molecule has 1 aromatic carbocycles. The Morgan fingerprint density at radius 1 is 1.00 bits per heavy atom. The van der Waals surface area contributed by atoms with Crippen LogP contribution in [0.15, 0.2) is 74.2 Å². The van der Waals surface area contributed by atoms with Gasteiger partial charge < -0.3 is 9.47 Å². The SMILES string of the molecule is Cn1c(C(F)(F)F)cc(=O)n(-c2cc(Sc3cccnc3OCC(=O)OCc3ccc(C(F)(F)F)nc3)c(Cl)cc2F)c1=O. The van der Waals surface area contributed by atoms with Gasteiger partial charge in [0.1, 0.15) is 23.8 Å². The molecule has 0 aliphatic carbocycles. The van der Waals surface area contributed by atoms with Crippen LogP contribution in [0.25, 0.3) is 5.69 Å². The Bertz CT molecular complexity index is 1830. The van der Waals surface area contributed by atoms with Gasteiger partial charge in [-0.15, -0.1) is 0 Å². The van der Waals surface area contributed by atoms with E-state index in [0.717, 1.165) is 49.3 Å². The number of hydrogen-bond donors (Lipinski definition) is 0. The summed E-state index contributed by atoms with van der Waals surface area (Å²) in [5.41, 5.74) is -6.03. The second-order valence-corrected chi connectivity index (χ2v) is 10.2. The lowest BCUT2D eigenvalue weighted by molar-refractivity contribution is -0.147. The van der Waals surface area contributed by atoms with Gasteiger partial charge in [0.15, 0.2) is 6.61 Å². The Balaban J connectivity index is 1.52. The van der Waals surface area contributed by atoms with Gasteiger partial charge >= 0.3 is 24.0 Å². The Morgan fingerprint density at radius 2 is 1.73 bits per heavy atom. The fourth-order valence-corrected chi connectivity index (χ4v) is 4.75. The van der Waals surface area contributed by atoms with Gasteiger partial charge in [0.05, 0.1) is 15.6 Å². The summed E-state index contributed by atoms with van der Waals surface area (Å²) in [7, 11) is 0.773. The van der Waals surface area contributed by atoms with Gasteiger partial charge in [-0.05, 0) is 30.3 Å². The summed E-state index contributed by atoms with van der Waals surface area (Å²) in [5.74, 6) is -2.21. The van der Waals surface area contributed by atoms with Crippen LogP contribution in [0, 0.1) is 5.82 Å². The third-order valence-electron chi connectivity index (χ3n) is 5.65. The number of pyridine rings is 2. The lowest BCUT2D eigenvalue weighted by Gasteiger charge is -2.15. The minimum atomic E-state index is -5.02. The molecule has 3 aromatic heterocycles. The molecule has 0 N–H and O–H groups in total. The number of carbonyl (C=O) groups is 1. The average molecular weight is 665 g/mol. The molecule has 3 heterocycles. The summed E-state index contributed by atoms with van der Waals surface area (Å²) >= 11 is 6.97. The van der Waals surface area contributed by atoms with E-state index in [-0.39, 0.29) is 41.5 Å². The van der Waals surface area contributed by atoms with Crippen LogP contribution in [0.1, 0.15) is 17.0 Å². The average Bonchev–Trinajstić information content (AvgIpc) is 2.94. The number of carbonyl (C=O) groups excluding carboxylic acids is 1. The molecule has 0 bridgehead atoms. The van der Waals surface area contributed by atoms with Crippen molar-refractivity contribution in [3.8, 4) is 11.6 Å². The van der Waals surface area contributed by atoms with Crippen LogP contribution in [-0.2, 0) is 35.5 Å². The lowest BCUT2D eigenvalue weighted by atomic mass is 10.2. The van der Waals surface area contributed by atoms with E-state index < -0.39 is 65.7 Å². The van der Waals surface area contributed by atoms with Crippen molar-refractivity contribution >= 4 is 29.3 Å². The molecule has 9 nitrogen and oxygen atoms in total. The monoisotopic (exact) mass is 664 g/mol. The molecule has 18 heteroatoms. The van der Waals surface area contributed by atoms with E-state index in [2.05, 4.69) is 9.97 Å². The van der Waals surface area contributed by atoms with Crippen LogP contribution in [-0.4, -0.2) is 31.7 Å². The molecule has 0 fully saturated rings. The Morgan fingerprint density at radius 3 is 2.36 bits per heavy atom. The maximum absolute atomic E-state index is 14.9. The van der Waals surface area contributed by atoms with Crippen LogP contribution in [0.2, 0.25) is 5.02 Å². The molecule has 0 amide bonds. The first kappa shape index (κ1) is 32.5. The van der Waals surface area contributed by atoms with Gasteiger partial charge in [0.2, 0.25) is 5.88 Å². The van der Waals surface area contributed by atoms with E-state index in [0.29, 0.717) is 0 Å². The first-order valence-corrected chi connectivity index (χ1v) is 13.1. The third-order valence-corrected chi connectivity index (χ3v) is 7.16. The molecule has 232 valence electrons. The maximum atomic E-state index is 14.9. The van der Waals surface area contributed by atoms with Crippen molar-refractivity contribution in [2.24, 2.45) is 7.05 Å². The third kappa shape index (κ3) is 7.39. The number of halogens is 8.